The number of carbonyl (C=O) groups is 1. The van der Waals surface area contributed by atoms with Crippen molar-refractivity contribution in [1.29, 1.82) is 0 Å². The maximum Gasteiger partial charge on any atom is 0.339 e. The number of hydrogen-bond acceptors (Lipinski definition) is 5. The summed E-state index contributed by atoms with van der Waals surface area (Å²) in [5.74, 6) is -0.0130. The first-order valence-corrected chi connectivity index (χ1v) is 9.69. The molecule has 1 atom stereocenters. The van der Waals surface area contributed by atoms with E-state index in [1.807, 2.05) is 31.2 Å². The standard InChI is InChI=1S/C18H20ClNO5S/c1-12-6-4-5-7-17(12)25-11-13(2)20-26(22,23)14-8-9-16(19)15(10-14)18(21)24-3/h4-10,13,20H,11H2,1-3H3. The molecule has 0 saturated carbocycles. The summed E-state index contributed by atoms with van der Waals surface area (Å²) < 4.78 is 37.8. The van der Waals surface area contributed by atoms with Crippen molar-refractivity contribution in [2.24, 2.45) is 0 Å². The lowest BCUT2D eigenvalue weighted by molar-refractivity contribution is 0.0600. The van der Waals surface area contributed by atoms with Gasteiger partial charge in [-0.05, 0) is 43.7 Å². The SMILES string of the molecule is COC(=O)c1cc(S(=O)(=O)NC(C)COc2ccccc2C)ccc1Cl. The molecule has 0 fully saturated rings. The highest BCUT2D eigenvalue weighted by Gasteiger charge is 2.21. The maximum atomic E-state index is 12.5. The molecule has 140 valence electrons. The van der Waals surface area contributed by atoms with E-state index < -0.39 is 22.0 Å². The van der Waals surface area contributed by atoms with Gasteiger partial charge in [0.1, 0.15) is 12.4 Å². The topological polar surface area (TPSA) is 81.7 Å². The molecule has 0 spiro atoms. The van der Waals surface area contributed by atoms with Gasteiger partial charge in [0.05, 0.1) is 28.6 Å². The molecular weight excluding hydrogens is 378 g/mol. The van der Waals surface area contributed by atoms with Crippen LogP contribution in [0.3, 0.4) is 0 Å². The number of para-hydroxylation sites is 1. The number of benzene rings is 2. The van der Waals surface area contributed by atoms with Crippen molar-refractivity contribution in [3.05, 3.63) is 58.6 Å². The van der Waals surface area contributed by atoms with Crippen LogP contribution < -0.4 is 9.46 Å². The zero-order chi connectivity index (χ0) is 19.3. The summed E-state index contributed by atoms with van der Waals surface area (Å²) in [4.78, 5) is 11.6. The molecule has 0 saturated heterocycles. The fraction of sp³-hybridized carbons (Fsp3) is 0.278. The zero-order valence-corrected chi connectivity index (χ0v) is 16.2. The Morgan fingerprint density at radius 2 is 1.92 bits per heavy atom. The first kappa shape index (κ1) is 20.2. The van der Waals surface area contributed by atoms with Gasteiger partial charge in [-0.15, -0.1) is 0 Å². The van der Waals surface area contributed by atoms with Gasteiger partial charge in [0, 0.05) is 0 Å². The van der Waals surface area contributed by atoms with Gasteiger partial charge in [0.2, 0.25) is 10.0 Å². The van der Waals surface area contributed by atoms with Crippen LogP contribution in [0.15, 0.2) is 47.4 Å². The minimum Gasteiger partial charge on any atom is -0.492 e. The van der Waals surface area contributed by atoms with Gasteiger partial charge < -0.3 is 9.47 Å². The smallest absolute Gasteiger partial charge is 0.339 e. The highest BCUT2D eigenvalue weighted by Crippen LogP contribution is 2.22. The normalized spacial score (nSPS) is 12.5. The quantitative estimate of drug-likeness (QED) is 0.725. The third-order valence-electron chi connectivity index (χ3n) is 3.59. The van der Waals surface area contributed by atoms with Crippen LogP contribution >= 0.6 is 11.6 Å². The lowest BCUT2D eigenvalue weighted by atomic mass is 10.2. The van der Waals surface area contributed by atoms with Crippen molar-refractivity contribution in [1.82, 2.24) is 4.72 Å². The molecule has 0 aliphatic heterocycles. The van der Waals surface area contributed by atoms with Crippen LogP contribution in [0.2, 0.25) is 5.02 Å². The molecule has 2 rings (SSSR count). The number of aryl methyl sites for hydroxylation is 1. The Kier molecular flexibility index (Phi) is 6.63. The van der Waals surface area contributed by atoms with Crippen molar-refractivity contribution in [3.8, 4) is 5.75 Å². The Bertz CT molecular complexity index is 898. The van der Waals surface area contributed by atoms with Crippen LogP contribution in [0, 0.1) is 6.92 Å². The summed E-state index contributed by atoms with van der Waals surface area (Å²) in [5.41, 5.74) is 0.948. The van der Waals surface area contributed by atoms with Crippen molar-refractivity contribution in [2.45, 2.75) is 24.8 Å². The second kappa shape index (κ2) is 8.53. The second-order valence-corrected chi connectivity index (χ2v) is 7.85. The number of methoxy groups -OCH3 is 1. The van der Waals surface area contributed by atoms with E-state index in [0.29, 0.717) is 5.75 Å². The third kappa shape index (κ3) is 4.97. The second-order valence-electron chi connectivity index (χ2n) is 5.73. The monoisotopic (exact) mass is 397 g/mol. The van der Waals surface area contributed by atoms with E-state index in [1.54, 1.807) is 6.92 Å². The molecular formula is C18H20ClNO5S. The molecule has 1 N–H and O–H groups in total. The molecule has 0 radical (unpaired) electrons. The van der Waals surface area contributed by atoms with Crippen molar-refractivity contribution >= 4 is 27.6 Å². The molecule has 8 heteroatoms. The molecule has 2 aromatic carbocycles. The average Bonchev–Trinajstić information content (AvgIpc) is 2.60. The molecule has 0 aromatic heterocycles. The Morgan fingerprint density at radius 3 is 2.58 bits per heavy atom. The Labute approximate surface area is 158 Å². The van der Waals surface area contributed by atoms with E-state index in [4.69, 9.17) is 16.3 Å². The van der Waals surface area contributed by atoms with Crippen LogP contribution in [0.4, 0.5) is 0 Å². The molecule has 6 nitrogen and oxygen atoms in total. The maximum absolute atomic E-state index is 12.5. The lowest BCUT2D eigenvalue weighted by Gasteiger charge is -2.16. The van der Waals surface area contributed by atoms with E-state index >= 15 is 0 Å². The van der Waals surface area contributed by atoms with Gasteiger partial charge >= 0.3 is 5.97 Å². The molecule has 26 heavy (non-hydrogen) atoms. The fourth-order valence-electron chi connectivity index (χ4n) is 2.24. The number of rotatable bonds is 7. The summed E-state index contributed by atoms with van der Waals surface area (Å²) in [7, 11) is -2.65. The van der Waals surface area contributed by atoms with Crippen LogP contribution in [0.25, 0.3) is 0 Å². The van der Waals surface area contributed by atoms with Gasteiger partial charge in [0.25, 0.3) is 0 Å². The highest BCUT2D eigenvalue weighted by molar-refractivity contribution is 7.89. The summed E-state index contributed by atoms with van der Waals surface area (Å²) in [6.45, 7) is 3.75. The van der Waals surface area contributed by atoms with Crippen LogP contribution in [-0.2, 0) is 14.8 Å². The van der Waals surface area contributed by atoms with Gasteiger partial charge in [-0.25, -0.2) is 17.9 Å². The summed E-state index contributed by atoms with van der Waals surface area (Å²) >= 11 is 5.92. The molecule has 0 amide bonds. The molecule has 0 aliphatic rings. The average molecular weight is 398 g/mol. The number of halogens is 1. The van der Waals surface area contributed by atoms with Gasteiger partial charge in [0.15, 0.2) is 0 Å². The van der Waals surface area contributed by atoms with E-state index in [-0.39, 0.29) is 22.1 Å². The van der Waals surface area contributed by atoms with Crippen LogP contribution in [-0.4, -0.2) is 34.1 Å². The van der Waals surface area contributed by atoms with Crippen molar-refractivity contribution in [2.75, 3.05) is 13.7 Å². The number of ether oxygens (including phenoxy) is 2. The Balaban J connectivity index is 2.10. The number of sulfonamides is 1. The van der Waals surface area contributed by atoms with Crippen molar-refractivity contribution < 1.29 is 22.7 Å². The molecule has 0 heterocycles. The summed E-state index contributed by atoms with van der Waals surface area (Å²) in [6, 6.07) is 10.8. The van der Waals surface area contributed by atoms with Gasteiger partial charge in [-0.1, -0.05) is 29.8 Å². The number of hydrogen-bond donors (Lipinski definition) is 1. The fourth-order valence-corrected chi connectivity index (χ4v) is 3.69. The molecule has 0 aliphatic carbocycles. The largest absolute Gasteiger partial charge is 0.492 e. The highest BCUT2D eigenvalue weighted by atomic mass is 35.5. The molecule has 1 unspecified atom stereocenters. The number of nitrogens with one attached hydrogen (secondary N) is 1. The third-order valence-corrected chi connectivity index (χ3v) is 5.51. The predicted molar refractivity (Wildman–Crippen MR) is 99.2 cm³/mol. The first-order valence-electron chi connectivity index (χ1n) is 7.83. The van der Waals surface area contributed by atoms with Crippen LogP contribution in [0.5, 0.6) is 5.75 Å². The predicted octanol–water partition coefficient (Wildman–Crippen LogP) is 3.18. The lowest BCUT2D eigenvalue weighted by Crippen LogP contribution is -2.36. The van der Waals surface area contributed by atoms with Crippen molar-refractivity contribution in [3.63, 3.8) is 0 Å². The van der Waals surface area contributed by atoms with Gasteiger partial charge in [-0.2, -0.15) is 0 Å². The van der Waals surface area contributed by atoms with E-state index in [1.165, 1.54) is 25.3 Å². The Morgan fingerprint density at radius 1 is 1.23 bits per heavy atom. The zero-order valence-electron chi connectivity index (χ0n) is 14.7. The minimum absolute atomic E-state index is 0.0131. The van der Waals surface area contributed by atoms with E-state index in [2.05, 4.69) is 9.46 Å². The summed E-state index contributed by atoms with van der Waals surface area (Å²) in [5, 5.41) is 0.117. The number of esters is 1. The molecule has 0 bridgehead atoms. The number of carbonyl (C=O) groups excluding carboxylic acids is 1. The summed E-state index contributed by atoms with van der Waals surface area (Å²) in [6.07, 6.45) is 0. The first-order chi connectivity index (χ1) is 12.2. The minimum atomic E-state index is -3.85. The van der Waals surface area contributed by atoms with E-state index in [9.17, 15) is 13.2 Å². The van der Waals surface area contributed by atoms with E-state index in [0.717, 1.165) is 5.56 Å². The Hall–Kier alpha value is -2.09. The van der Waals surface area contributed by atoms with Crippen LogP contribution in [0.1, 0.15) is 22.8 Å². The van der Waals surface area contributed by atoms with Gasteiger partial charge in [-0.3, -0.25) is 0 Å². The molecule has 2 aromatic rings.